The molecule has 1 aromatic heterocycles. The molecule has 2 rings (SSSR count). The molecule has 25 heavy (non-hydrogen) atoms. The van der Waals surface area contributed by atoms with Gasteiger partial charge in [-0.05, 0) is 63.8 Å². The van der Waals surface area contributed by atoms with E-state index in [1.807, 2.05) is 26.0 Å². The number of carbonyl (C=O) groups excluding carboxylic acids is 1. The number of amides is 1. The van der Waals surface area contributed by atoms with Crippen LogP contribution in [-0.2, 0) is 0 Å². The van der Waals surface area contributed by atoms with Crippen molar-refractivity contribution in [1.82, 2.24) is 20.1 Å². The first kappa shape index (κ1) is 19.1. The lowest BCUT2D eigenvalue weighted by atomic mass is 9.95. The fourth-order valence-electron chi connectivity index (χ4n) is 2.58. The molecule has 1 atom stereocenters. The van der Waals surface area contributed by atoms with Gasteiger partial charge in [0.25, 0.3) is 5.91 Å². The molecular formula is C19H28N4O2. The van der Waals surface area contributed by atoms with Gasteiger partial charge in [-0.2, -0.15) is 5.10 Å². The fraction of sp³-hybridized carbons (Fsp3) is 0.526. The summed E-state index contributed by atoms with van der Waals surface area (Å²) in [7, 11) is 0. The maximum absolute atomic E-state index is 12.3. The molecule has 1 amide bonds. The summed E-state index contributed by atoms with van der Waals surface area (Å²) in [6, 6.07) is 7.19. The largest absolute Gasteiger partial charge is 0.388 e. The third kappa shape index (κ3) is 5.39. The Morgan fingerprint density at radius 1 is 1.28 bits per heavy atom. The van der Waals surface area contributed by atoms with E-state index >= 15 is 0 Å². The number of aryl methyl sites for hydroxylation is 2. The highest BCUT2D eigenvalue weighted by molar-refractivity contribution is 5.94. The maximum atomic E-state index is 12.3. The van der Waals surface area contributed by atoms with Gasteiger partial charge in [-0.3, -0.25) is 4.79 Å². The normalized spacial score (nSPS) is 13.7. The molecular weight excluding hydrogens is 316 g/mol. The lowest BCUT2D eigenvalue weighted by molar-refractivity contribution is 0.0429. The summed E-state index contributed by atoms with van der Waals surface area (Å²) in [6.07, 6.45) is 1.59. The quantitative estimate of drug-likeness (QED) is 0.809. The molecule has 0 aliphatic heterocycles. The molecule has 1 aromatic carbocycles. The SMILES string of the molecule is Cc1nc(C)n(-c2ccc(C(=O)NCC(C)(O)CCC(C)C)cc2)n1. The number of carbonyl (C=O) groups is 1. The average molecular weight is 344 g/mol. The molecule has 0 aliphatic carbocycles. The molecule has 2 N–H and O–H groups in total. The second-order valence-corrected chi connectivity index (χ2v) is 7.28. The van der Waals surface area contributed by atoms with Crippen molar-refractivity contribution in [2.75, 3.05) is 6.54 Å². The Morgan fingerprint density at radius 3 is 2.44 bits per heavy atom. The first-order valence-corrected chi connectivity index (χ1v) is 8.69. The van der Waals surface area contributed by atoms with Gasteiger partial charge in [-0.1, -0.05) is 13.8 Å². The topological polar surface area (TPSA) is 80.0 Å². The van der Waals surface area contributed by atoms with Crippen LogP contribution in [0.2, 0.25) is 0 Å². The molecule has 0 saturated carbocycles. The number of hydrogen-bond donors (Lipinski definition) is 2. The van der Waals surface area contributed by atoms with Gasteiger partial charge >= 0.3 is 0 Å². The van der Waals surface area contributed by atoms with Crippen molar-refractivity contribution in [2.45, 2.75) is 53.1 Å². The summed E-state index contributed by atoms with van der Waals surface area (Å²) in [4.78, 5) is 16.6. The first-order chi connectivity index (χ1) is 11.7. The highest BCUT2D eigenvalue weighted by atomic mass is 16.3. The van der Waals surface area contributed by atoms with Crippen LogP contribution in [0.3, 0.4) is 0 Å². The van der Waals surface area contributed by atoms with Gasteiger partial charge in [0.1, 0.15) is 11.6 Å². The number of hydrogen-bond acceptors (Lipinski definition) is 4. The van der Waals surface area contributed by atoms with E-state index < -0.39 is 5.60 Å². The maximum Gasteiger partial charge on any atom is 0.251 e. The standard InChI is InChI=1S/C19H28N4O2/c1-13(2)10-11-19(5,25)12-20-18(24)16-6-8-17(9-7-16)23-15(4)21-14(3)22-23/h6-9,13,25H,10-12H2,1-5H3,(H,20,24). The molecule has 1 heterocycles. The summed E-state index contributed by atoms with van der Waals surface area (Å²) >= 11 is 0. The molecule has 1 unspecified atom stereocenters. The van der Waals surface area contributed by atoms with Crippen molar-refractivity contribution >= 4 is 5.91 Å². The number of aliphatic hydroxyl groups is 1. The van der Waals surface area contributed by atoms with E-state index in [2.05, 4.69) is 29.2 Å². The lowest BCUT2D eigenvalue weighted by Crippen LogP contribution is -2.40. The molecule has 0 aliphatic rings. The highest BCUT2D eigenvalue weighted by Crippen LogP contribution is 2.16. The van der Waals surface area contributed by atoms with Crippen molar-refractivity contribution in [3.63, 3.8) is 0 Å². The Hall–Kier alpha value is -2.21. The Kier molecular flexibility index (Phi) is 5.95. The zero-order valence-corrected chi connectivity index (χ0v) is 15.7. The van der Waals surface area contributed by atoms with E-state index in [1.165, 1.54) is 0 Å². The Bertz CT molecular complexity index is 718. The van der Waals surface area contributed by atoms with Gasteiger partial charge in [0.15, 0.2) is 0 Å². The summed E-state index contributed by atoms with van der Waals surface area (Å²) in [5, 5.41) is 17.5. The minimum atomic E-state index is -0.894. The molecule has 0 radical (unpaired) electrons. The third-order valence-corrected chi connectivity index (χ3v) is 4.14. The second kappa shape index (κ2) is 7.78. The van der Waals surface area contributed by atoms with Gasteiger partial charge < -0.3 is 10.4 Å². The molecule has 6 heteroatoms. The van der Waals surface area contributed by atoms with E-state index in [4.69, 9.17) is 0 Å². The molecule has 2 aromatic rings. The lowest BCUT2D eigenvalue weighted by Gasteiger charge is -2.24. The van der Waals surface area contributed by atoms with E-state index in [0.717, 1.165) is 17.9 Å². The molecule has 0 bridgehead atoms. The second-order valence-electron chi connectivity index (χ2n) is 7.28. The van der Waals surface area contributed by atoms with Crippen molar-refractivity contribution < 1.29 is 9.90 Å². The minimum absolute atomic E-state index is 0.192. The minimum Gasteiger partial charge on any atom is -0.388 e. The Labute approximate surface area is 149 Å². The van der Waals surface area contributed by atoms with Crippen molar-refractivity contribution in [3.8, 4) is 5.69 Å². The van der Waals surface area contributed by atoms with Crippen LogP contribution >= 0.6 is 0 Å². The predicted molar refractivity (Wildman–Crippen MR) is 97.9 cm³/mol. The number of benzene rings is 1. The number of nitrogens with one attached hydrogen (secondary N) is 1. The van der Waals surface area contributed by atoms with E-state index in [9.17, 15) is 9.90 Å². The van der Waals surface area contributed by atoms with Crippen LogP contribution < -0.4 is 5.32 Å². The monoisotopic (exact) mass is 344 g/mol. The van der Waals surface area contributed by atoms with Crippen LogP contribution in [0.4, 0.5) is 0 Å². The van der Waals surface area contributed by atoms with Crippen LogP contribution in [0.15, 0.2) is 24.3 Å². The predicted octanol–water partition coefficient (Wildman–Crippen LogP) is 2.80. The summed E-state index contributed by atoms with van der Waals surface area (Å²) in [6.45, 7) is 9.97. The van der Waals surface area contributed by atoms with E-state index in [1.54, 1.807) is 23.7 Å². The van der Waals surface area contributed by atoms with E-state index in [0.29, 0.717) is 23.7 Å². The highest BCUT2D eigenvalue weighted by Gasteiger charge is 2.21. The zero-order chi connectivity index (χ0) is 18.6. The van der Waals surface area contributed by atoms with Crippen LogP contribution in [-0.4, -0.2) is 37.9 Å². The zero-order valence-electron chi connectivity index (χ0n) is 15.7. The number of rotatable bonds is 7. The molecule has 0 fully saturated rings. The molecule has 136 valence electrons. The van der Waals surface area contributed by atoms with Gasteiger partial charge in [0.05, 0.1) is 11.3 Å². The Morgan fingerprint density at radius 2 is 1.92 bits per heavy atom. The van der Waals surface area contributed by atoms with Crippen molar-refractivity contribution in [3.05, 3.63) is 41.5 Å². The third-order valence-electron chi connectivity index (χ3n) is 4.14. The Balaban J connectivity index is 1.97. The van der Waals surface area contributed by atoms with Crippen LogP contribution in [0.5, 0.6) is 0 Å². The van der Waals surface area contributed by atoms with Crippen molar-refractivity contribution in [2.24, 2.45) is 5.92 Å². The van der Waals surface area contributed by atoms with E-state index in [-0.39, 0.29) is 12.5 Å². The summed E-state index contributed by atoms with van der Waals surface area (Å²) < 4.78 is 1.74. The van der Waals surface area contributed by atoms with Gasteiger partial charge in [0.2, 0.25) is 0 Å². The number of aromatic nitrogens is 3. The van der Waals surface area contributed by atoms with Crippen LogP contribution in [0.1, 0.15) is 55.6 Å². The van der Waals surface area contributed by atoms with Crippen LogP contribution in [0, 0.1) is 19.8 Å². The van der Waals surface area contributed by atoms with Gasteiger partial charge in [-0.15, -0.1) is 0 Å². The van der Waals surface area contributed by atoms with Crippen molar-refractivity contribution in [1.29, 1.82) is 0 Å². The average Bonchev–Trinajstić information content (AvgIpc) is 2.89. The molecule has 0 saturated heterocycles. The summed E-state index contributed by atoms with van der Waals surface area (Å²) in [5.74, 6) is 1.85. The van der Waals surface area contributed by atoms with Gasteiger partial charge in [0, 0.05) is 12.1 Å². The van der Waals surface area contributed by atoms with Gasteiger partial charge in [-0.25, -0.2) is 9.67 Å². The number of nitrogens with zero attached hydrogens (tertiary/aromatic N) is 3. The smallest absolute Gasteiger partial charge is 0.251 e. The fourth-order valence-corrected chi connectivity index (χ4v) is 2.58. The first-order valence-electron chi connectivity index (χ1n) is 8.69. The summed E-state index contributed by atoms with van der Waals surface area (Å²) in [5.41, 5.74) is 0.520. The molecule has 6 nitrogen and oxygen atoms in total. The van der Waals surface area contributed by atoms with Crippen LogP contribution in [0.25, 0.3) is 5.69 Å². The molecule has 0 spiro atoms.